The summed E-state index contributed by atoms with van der Waals surface area (Å²) >= 11 is 0. The molecule has 2 aromatic rings. The normalized spacial score (nSPS) is 17.4. The van der Waals surface area contributed by atoms with Crippen molar-refractivity contribution in [3.8, 4) is 0 Å². The number of nitrogens with zero attached hydrogens (tertiary/aromatic N) is 4. The van der Waals surface area contributed by atoms with Crippen LogP contribution in [0.25, 0.3) is 0 Å². The Morgan fingerprint density at radius 3 is 3.00 bits per heavy atom. The number of amides is 2. The van der Waals surface area contributed by atoms with Crippen LogP contribution in [0.15, 0.2) is 31.0 Å². The average Bonchev–Trinajstić information content (AvgIpc) is 3.09. The summed E-state index contributed by atoms with van der Waals surface area (Å²) < 4.78 is 1.92. The molecule has 2 aromatic heterocycles. The van der Waals surface area contributed by atoms with Crippen LogP contribution >= 0.6 is 0 Å². The zero-order valence-corrected chi connectivity index (χ0v) is 14.9. The molecule has 7 heteroatoms. The third kappa shape index (κ3) is 4.49. The van der Waals surface area contributed by atoms with Crippen LogP contribution in [-0.2, 0) is 6.54 Å². The number of hydrogen-bond acceptors (Lipinski definition) is 4. The lowest BCUT2D eigenvalue weighted by atomic mass is 10.0. The minimum Gasteiger partial charge on any atom is -0.354 e. The molecule has 0 aliphatic carbocycles. The van der Waals surface area contributed by atoms with E-state index in [0.717, 1.165) is 17.9 Å². The number of imidazole rings is 1. The van der Waals surface area contributed by atoms with E-state index in [4.69, 9.17) is 0 Å². The lowest BCUT2D eigenvalue weighted by molar-refractivity contribution is 0.251. The van der Waals surface area contributed by atoms with Crippen LogP contribution < -0.4 is 15.5 Å². The number of piperidine rings is 1. The van der Waals surface area contributed by atoms with Crippen molar-refractivity contribution in [1.29, 1.82) is 0 Å². The fraction of sp³-hybridized carbons (Fsp3) is 0.500. The second kappa shape index (κ2) is 8.00. The molecule has 2 amide bonds. The minimum absolute atomic E-state index is 0.222. The maximum absolute atomic E-state index is 12.0. The van der Waals surface area contributed by atoms with E-state index >= 15 is 0 Å². The van der Waals surface area contributed by atoms with Gasteiger partial charge in [-0.3, -0.25) is 0 Å². The maximum atomic E-state index is 12.0. The Morgan fingerprint density at radius 1 is 1.40 bits per heavy atom. The summed E-state index contributed by atoms with van der Waals surface area (Å²) in [4.78, 5) is 22.9. The Balaban J connectivity index is 1.54. The van der Waals surface area contributed by atoms with E-state index in [-0.39, 0.29) is 6.03 Å². The van der Waals surface area contributed by atoms with Gasteiger partial charge < -0.3 is 20.1 Å². The topological polar surface area (TPSA) is 75.1 Å². The van der Waals surface area contributed by atoms with Crippen molar-refractivity contribution >= 4 is 17.5 Å². The number of pyridine rings is 1. The van der Waals surface area contributed by atoms with Gasteiger partial charge in [-0.1, -0.05) is 0 Å². The first-order chi connectivity index (χ1) is 12.1. The van der Waals surface area contributed by atoms with Gasteiger partial charge in [0.1, 0.15) is 5.82 Å². The molecular weight excluding hydrogens is 316 g/mol. The third-order valence-electron chi connectivity index (χ3n) is 4.60. The van der Waals surface area contributed by atoms with Gasteiger partial charge in [0.25, 0.3) is 0 Å². The highest BCUT2D eigenvalue weighted by molar-refractivity contribution is 5.89. The summed E-state index contributed by atoms with van der Waals surface area (Å²) in [5, 5.41) is 5.69. The van der Waals surface area contributed by atoms with Crippen molar-refractivity contribution < 1.29 is 4.79 Å². The number of urea groups is 1. The fourth-order valence-corrected chi connectivity index (χ4v) is 3.24. The van der Waals surface area contributed by atoms with E-state index in [1.165, 1.54) is 19.3 Å². The molecule has 0 bridgehead atoms. The van der Waals surface area contributed by atoms with Gasteiger partial charge >= 0.3 is 6.03 Å². The van der Waals surface area contributed by atoms with E-state index in [0.29, 0.717) is 24.8 Å². The lowest BCUT2D eigenvalue weighted by Gasteiger charge is -2.35. The van der Waals surface area contributed by atoms with Crippen molar-refractivity contribution in [2.45, 2.75) is 45.7 Å². The summed E-state index contributed by atoms with van der Waals surface area (Å²) in [6.07, 6.45) is 10.8. The molecule has 0 radical (unpaired) electrons. The van der Waals surface area contributed by atoms with Crippen LogP contribution in [0.3, 0.4) is 0 Å². The van der Waals surface area contributed by atoms with E-state index in [9.17, 15) is 4.79 Å². The molecule has 3 rings (SSSR count). The number of hydrogen-bond donors (Lipinski definition) is 2. The van der Waals surface area contributed by atoms with Crippen LogP contribution in [0, 0.1) is 6.92 Å². The maximum Gasteiger partial charge on any atom is 0.319 e. The minimum atomic E-state index is -0.222. The summed E-state index contributed by atoms with van der Waals surface area (Å²) in [7, 11) is 0. The zero-order chi connectivity index (χ0) is 17.6. The molecule has 1 aliphatic heterocycles. The van der Waals surface area contributed by atoms with Crippen LogP contribution in [0.2, 0.25) is 0 Å². The fourth-order valence-electron chi connectivity index (χ4n) is 3.24. The predicted molar refractivity (Wildman–Crippen MR) is 98.9 cm³/mol. The first-order valence-corrected chi connectivity index (χ1v) is 8.87. The number of nitrogens with one attached hydrogen (secondary N) is 2. The standard InChI is InChI=1S/C18H26N6O/c1-14-11-16(12-21-17(14)24-8-4-3-5-15(24)2)22-18(25)20-7-10-23-9-6-19-13-23/h6,9,11-13,15H,3-5,7-8,10H2,1-2H3,(H2,20,22,25). The monoisotopic (exact) mass is 342 g/mol. The number of rotatable bonds is 5. The molecule has 134 valence electrons. The molecule has 1 unspecified atom stereocenters. The van der Waals surface area contributed by atoms with Gasteiger partial charge in [0.05, 0.1) is 18.2 Å². The number of carbonyl (C=O) groups is 1. The van der Waals surface area contributed by atoms with Gasteiger partial charge in [-0.15, -0.1) is 0 Å². The van der Waals surface area contributed by atoms with Gasteiger partial charge in [-0.2, -0.15) is 0 Å². The second-order valence-corrected chi connectivity index (χ2v) is 6.58. The predicted octanol–water partition coefficient (Wildman–Crippen LogP) is 2.79. The van der Waals surface area contributed by atoms with Gasteiger partial charge in [-0.25, -0.2) is 14.8 Å². The number of carbonyl (C=O) groups excluding carboxylic acids is 1. The van der Waals surface area contributed by atoms with Crippen molar-refractivity contribution in [3.63, 3.8) is 0 Å². The van der Waals surface area contributed by atoms with Crippen molar-refractivity contribution in [2.75, 3.05) is 23.3 Å². The Kier molecular flexibility index (Phi) is 5.53. The molecule has 1 fully saturated rings. The SMILES string of the molecule is Cc1cc(NC(=O)NCCn2ccnc2)cnc1N1CCCCC1C. The van der Waals surface area contributed by atoms with Gasteiger partial charge in [0.2, 0.25) is 0 Å². The molecule has 2 N–H and O–H groups in total. The van der Waals surface area contributed by atoms with Crippen molar-refractivity contribution in [1.82, 2.24) is 19.9 Å². The van der Waals surface area contributed by atoms with Gasteiger partial charge in [0, 0.05) is 38.1 Å². The number of anilines is 2. The first kappa shape index (κ1) is 17.3. The third-order valence-corrected chi connectivity index (χ3v) is 4.60. The van der Waals surface area contributed by atoms with E-state index in [1.807, 2.05) is 23.8 Å². The highest BCUT2D eigenvalue weighted by Gasteiger charge is 2.21. The van der Waals surface area contributed by atoms with E-state index in [2.05, 4.69) is 32.4 Å². The van der Waals surface area contributed by atoms with Crippen LogP contribution in [0.4, 0.5) is 16.3 Å². The Bertz CT molecular complexity index is 700. The molecule has 1 saturated heterocycles. The molecule has 0 saturated carbocycles. The lowest BCUT2D eigenvalue weighted by Crippen LogP contribution is -2.38. The first-order valence-electron chi connectivity index (χ1n) is 8.87. The quantitative estimate of drug-likeness (QED) is 0.876. The molecule has 3 heterocycles. The smallest absolute Gasteiger partial charge is 0.319 e. The molecule has 0 spiro atoms. The Labute approximate surface area is 148 Å². The van der Waals surface area contributed by atoms with E-state index < -0.39 is 0 Å². The molecule has 7 nitrogen and oxygen atoms in total. The van der Waals surface area contributed by atoms with Crippen molar-refractivity contribution in [2.24, 2.45) is 0 Å². The molecule has 1 atom stereocenters. The van der Waals surface area contributed by atoms with Crippen molar-refractivity contribution in [3.05, 3.63) is 36.5 Å². The van der Waals surface area contributed by atoms with Crippen LogP contribution in [0.1, 0.15) is 31.7 Å². The Hall–Kier alpha value is -2.57. The number of aryl methyl sites for hydroxylation is 1. The highest BCUT2D eigenvalue weighted by atomic mass is 16.2. The van der Waals surface area contributed by atoms with Crippen LogP contribution in [-0.4, -0.2) is 39.7 Å². The van der Waals surface area contributed by atoms with Gasteiger partial charge in [0.15, 0.2) is 0 Å². The highest BCUT2D eigenvalue weighted by Crippen LogP contribution is 2.27. The Morgan fingerprint density at radius 2 is 2.28 bits per heavy atom. The largest absolute Gasteiger partial charge is 0.354 e. The summed E-state index contributed by atoms with van der Waals surface area (Å²) in [5.41, 5.74) is 1.80. The second-order valence-electron chi connectivity index (χ2n) is 6.58. The molecule has 25 heavy (non-hydrogen) atoms. The molecule has 0 aromatic carbocycles. The molecular formula is C18H26N6O. The number of aromatic nitrogens is 3. The summed E-state index contributed by atoms with van der Waals surface area (Å²) in [6.45, 7) is 6.58. The zero-order valence-electron chi connectivity index (χ0n) is 14.9. The average molecular weight is 342 g/mol. The van der Waals surface area contributed by atoms with Gasteiger partial charge in [-0.05, 0) is 44.7 Å². The molecule has 1 aliphatic rings. The van der Waals surface area contributed by atoms with Crippen LogP contribution in [0.5, 0.6) is 0 Å². The summed E-state index contributed by atoms with van der Waals surface area (Å²) in [5.74, 6) is 1.03. The summed E-state index contributed by atoms with van der Waals surface area (Å²) in [6, 6.07) is 2.28. The van der Waals surface area contributed by atoms with E-state index in [1.54, 1.807) is 18.7 Å².